The van der Waals surface area contributed by atoms with Crippen molar-refractivity contribution in [2.24, 2.45) is 0 Å². The van der Waals surface area contributed by atoms with Gasteiger partial charge < -0.3 is 4.74 Å². The van der Waals surface area contributed by atoms with Crippen molar-refractivity contribution in [3.8, 4) is 0 Å². The van der Waals surface area contributed by atoms with Crippen LogP contribution >= 0.6 is 0 Å². The lowest BCUT2D eigenvalue weighted by Crippen LogP contribution is -2.32. The van der Waals surface area contributed by atoms with E-state index in [9.17, 15) is 14.4 Å². The Morgan fingerprint density at radius 1 is 1.14 bits per heavy atom. The van der Waals surface area contributed by atoms with Crippen molar-refractivity contribution in [3.63, 3.8) is 0 Å². The molecule has 0 aliphatic heterocycles. The van der Waals surface area contributed by atoms with Crippen LogP contribution in [0.1, 0.15) is 24.2 Å². The minimum Gasteiger partial charge on any atom is -0.462 e. The molecule has 0 amide bonds. The fourth-order valence-corrected chi connectivity index (χ4v) is 2.57. The van der Waals surface area contributed by atoms with Crippen LogP contribution in [0.15, 0.2) is 40.1 Å². The molecule has 0 unspecified atom stereocenters. The van der Waals surface area contributed by atoms with Gasteiger partial charge in [-0.2, -0.15) is 0 Å². The Morgan fingerprint density at radius 3 is 2.45 bits per heavy atom. The van der Waals surface area contributed by atoms with Gasteiger partial charge in [0.2, 0.25) is 0 Å². The SMILES string of the molecule is CCOC(=O)c1cn2c(=O)n(CC)c3ccccc3n2c1=O. The molecule has 3 rings (SSSR count). The van der Waals surface area contributed by atoms with Crippen molar-refractivity contribution in [2.45, 2.75) is 20.4 Å². The lowest BCUT2D eigenvalue weighted by Gasteiger charge is -2.10. The van der Waals surface area contributed by atoms with E-state index in [4.69, 9.17) is 4.74 Å². The van der Waals surface area contributed by atoms with E-state index in [2.05, 4.69) is 0 Å². The maximum absolute atomic E-state index is 12.5. The van der Waals surface area contributed by atoms with Gasteiger partial charge in [0.05, 0.1) is 23.8 Å². The number of nitrogens with zero attached hydrogens (tertiary/aromatic N) is 3. The van der Waals surface area contributed by atoms with E-state index in [0.29, 0.717) is 17.6 Å². The van der Waals surface area contributed by atoms with E-state index < -0.39 is 11.5 Å². The Kier molecular flexibility index (Phi) is 3.32. The van der Waals surface area contributed by atoms with E-state index in [1.54, 1.807) is 35.8 Å². The molecule has 2 heterocycles. The van der Waals surface area contributed by atoms with Gasteiger partial charge in [-0.15, -0.1) is 0 Å². The zero-order chi connectivity index (χ0) is 15.9. The molecule has 0 aliphatic carbocycles. The summed E-state index contributed by atoms with van der Waals surface area (Å²) in [5.41, 5.74) is 0.106. The maximum atomic E-state index is 12.5. The van der Waals surface area contributed by atoms with Crippen LogP contribution < -0.4 is 11.2 Å². The van der Waals surface area contributed by atoms with E-state index in [0.717, 1.165) is 4.52 Å². The second-order valence-electron chi connectivity index (χ2n) is 4.74. The largest absolute Gasteiger partial charge is 0.462 e. The van der Waals surface area contributed by atoms with Crippen molar-refractivity contribution in [2.75, 3.05) is 6.61 Å². The highest BCUT2D eigenvalue weighted by molar-refractivity contribution is 5.89. The van der Waals surface area contributed by atoms with Crippen LogP contribution in [0.5, 0.6) is 0 Å². The molecule has 2 aromatic heterocycles. The molecule has 7 nitrogen and oxygen atoms in total. The highest BCUT2D eigenvalue weighted by atomic mass is 16.5. The molecule has 0 radical (unpaired) electrons. The highest BCUT2D eigenvalue weighted by Crippen LogP contribution is 2.10. The summed E-state index contributed by atoms with van der Waals surface area (Å²) >= 11 is 0. The van der Waals surface area contributed by atoms with Crippen molar-refractivity contribution in [1.29, 1.82) is 0 Å². The van der Waals surface area contributed by atoms with E-state index in [-0.39, 0.29) is 17.9 Å². The number of carbonyl (C=O) groups is 1. The number of carbonyl (C=O) groups excluding carboxylic acids is 1. The number of aromatic nitrogens is 3. The molecule has 22 heavy (non-hydrogen) atoms. The molecule has 3 aromatic rings. The minimum atomic E-state index is -0.727. The first-order valence-corrected chi connectivity index (χ1v) is 7.03. The third-order valence-electron chi connectivity index (χ3n) is 3.53. The van der Waals surface area contributed by atoms with Crippen molar-refractivity contribution in [1.82, 2.24) is 13.6 Å². The standard InChI is InChI=1S/C15H15N3O4/c1-3-16-11-7-5-6-8-12(11)18-13(19)10(14(20)22-4-2)9-17(18)15(16)21/h5-9H,3-4H2,1-2H3. The summed E-state index contributed by atoms with van der Waals surface area (Å²) in [4.78, 5) is 36.9. The van der Waals surface area contributed by atoms with Gasteiger partial charge in [-0.1, -0.05) is 12.1 Å². The lowest BCUT2D eigenvalue weighted by atomic mass is 10.3. The lowest BCUT2D eigenvalue weighted by molar-refractivity contribution is 0.0525. The first kappa shape index (κ1) is 14.1. The van der Waals surface area contributed by atoms with E-state index in [1.165, 1.54) is 10.7 Å². The number of fused-ring (bicyclic) bond motifs is 3. The number of hydrogen-bond donors (Lipinski definition) is 0. The molecule has 0 atom stereocenters. The molecular weight excluding hydrogens is 286 g/mol. The summed E-state index contributed by atoms with van der Waals surface area (Å²) in [5.74, 6) is -0.727. The van der Waals surface area contributed by atoms with E-state index in [1.807, 2.05) is 6.92 Å². The van der Waals surface area contributed by atoms with Crippen molar-refractivity contribution in [3.05, 3.63) is 56.9 Å². The molecule has 0 spiro atoms. The van der Waals surface area contributed by atoms with E-state index >= 15 is 0 Å². The van der Waals surface area contributed by atoms with Crippen LogP contribution in [-0.4, -0.2) is 26.2 Å². The predicted octanol–water partition coefficient (Wildman–Crippen LogP) is 0.910. The average molecular weight is 301 g/mol. The normalized spacial score (nSPS) is 11.2. The second kappa shape index (κ2) is 5.18. The van der Waals surface area contributed by atoms with Gasteiger partial charge in [0.15, 0.2) is 0 Å². The average Bonchev–Trinajstić information content (AvgIpc) is 2.86. The summed E-state index contributed by atoms with van der Waals surface area (Å²) in [7, 11) is 0. The topological polar surface area (TPSA) is 74.2 Å². The first-order chi connectivity index (χ1) is 10.6. The number of aryl methyl sites for hydroxylation is 1. The van der Waals surface area contributed by atoms with Crippen LogP contribution in [0.3, 0.4) is 0 Å². The zero-order valence-electron chi connectivity index (χ0n) is 12.3. The Bertz CT molecular complexity index is 994. The predicted molar refractivity (Wildman–Crippen MR) is 80.5 cm³/mol. The fourth-order valence-electron chi connectivity index (χ4n) is 2.57. The fraction of sp³-hybridized carbons (Fsp3) is 0.267. The number of esters is 1. The summed E-state index contributed by atoms with van der Waals surface area (Å²) in [6.45, 7) is 4.12. The molecule has 0 bridgehead atoms. The highest BCUT2D eigenvalue weighted by Gasteiger charge is 2.20. The second-order valence-corrected chi connectivity index (χ2v) is 4.74. The number of para-hydroxylation sites is 2. The van der Waals surface area contributed by atoms with Crippen molar-refractivity contribution >= 4 is 17.0 Å². The molecule has 114 valence electrons. The third kappa shape index (κ3) is 1.86. The van der Waals surface area contributed by atoms with Crippen LogP contribution in [0.4, 0.5) is 0 Å². The quantitative estimate of drug-likeness (QED) is 0.674. The van der Waals surface area contributed by atoms with Crippen LogP contribution in [0.25, 0.3) is 11.0 Å². The molecule has 0 fully saturated rings. The van der Waals surface area contributed by atoms with Gasteiger partial charge in [0.1, 0.15) is 5.56 Å². The van der Waals surface area contributed by atoms with Gasteiger partial charge in [-0.05, 0) is 26.0 Å². The number of hydrogen-bond acceptors (Lipinski definition) is 4. The van der Waals surface area contributed by atoms with Gasteiger partial charge >= 0.3 is 11.7 Å². The van der Waals surface area contributed by atoms with Crippen LogP contribution in [-0.2, 0) is 11.3 Å². The monoisotopic (exact) mass is 301 g/mol. The molecule has 0 saturated heterocycles. The molecule has 7 heteroatoms. The minimum absolute atomic E-state index is 0.150. The summed E-state index contributed by atoms with van der Waals surface area (Å²) in [6, 6.07) is 7.07. The molecule has 0 aliphatic rings. The number of rotatable bonds is 3. The zero-order valence-corrected chi connectivity index (χ0v) is 12.3. The van der Waals surface area contributed by atoms with Crippen molar-refractivity contribution < 1.29 is 9.53 Å². The number of ether oxygens (including phenoxy) is 1. The maximum Gasteiger partial charge on any atom is 0.348 e. The summed E-state index contributed by atoms with van der Waals surface area (Å²) < 4.78 is 8.78. The Morgan fingerprint density at radius 2 is 1.82 bits per heavy atom. The first-order valence-electron chi connectivity index (χ1n) is 7.03. The molecule has 0 saturated carbocycles. The van der Waals surface area contributed by atoms with Gasteiger partial charge in [0, 0.05) is 6.54 Å². The molecular formula is C15H15N3O4. The van der Waals surface area contributed by atoms with Crippen LogP contribution in [0.2, 0.25) is 0 Å². The van der Waals surface area contributed by atoms with Crippen LogP contribution in [0, 0.1) is 0 Å². The number of benzene rings is 1. The summed E-state index contributed by atoms with van der Waals surface area (Å²) in [6.07, 6.45) is 1.24. The van der Waals surface area contributed by atoms with Gasteiger partial charge in [-0.3, -0.25) is 9.36 Å². The molecule has 1 aromatic carbocycles. The molecule has 0 N–H and O–H groups in total. The smallest absolute Gasteiger partial charge is 0.348 e. The third-order valence-corrected chi connectivity index (χ3v) is 3.53. The van der Waals surface area contributed by atoms with Gasteiger partial charge in [0.25, 0.3) is 5.56 Å². The Labute approximate surface area is 124 Å². The summed E-state index contributed by atoms with van der Waals surface area (Å²) in [5, 5.41) is 0. The Balaban J connectivity index is 2.50. The van der Waals surface area contributed by atoms with Gasteiger partial charge in [-0.25, -0.2) is 18.6 Å². The Hall–Kier alpha value is -2.83.